The van der Waals surface area contributed by atoms with Gasteiger partial charge in [-0.2, -0.15) is 0 Å². The van der Waals surface area contributed by atoms with Crippen LogP contribution < -0.4 is 10.6 Å². The van der Waals surface area contributed by atoms with Gasteiger partial charge in [0.2, 0.25) is 0 Å². The SMILES string of the molecule is CCNC(=NCCCN1CCCC(C)C1)NCCc1cccs1.I. The summed E-state index contributed by atoms with van der Waals surface area (Å²) in [5, 5.41) is 8.91. The highest BCUT2D eigenvalue weighted by molar-refractivity contribution is 14.0. The van der Waals surface area contributed by atoms with Gasteiger partial charge in [-0.05, 0) is 63.1 Å². The molecule has 0 aromatic carbocycles. The number of nitrogens with zero attached hydrogens (tertiary/aromatic N) is 2. The smallest absolute Gasteiger partial charge is 0.191 e. The summed E-state index contributed by atoms with van der Waals surface area (Å²) in [6.45, 7) is 11.0. The molecule has 0 saturated carbocycles. The number of aliphatic imine (C=N–C) groups is 1. The molecule has 4 nitrogen and oxygen atoms in total. The maximum atomic E-state index is 4.71. The molecular formula is C18H33IN4S. The van der Waals surface area contributed by atoms with Crippen LogP contribution in [0.5, 0.6) is 0 Å². The number of rotatable bonds is 8. The predicted octanol–water partition coefficient (Wildman–Crippen LogP) is 3.59. The molecule has 0 radical (unpaired) electrons. The summed E-state index contributed by atoms with van der Waals surface area (Å²) in [6.07, 6.45) is 4.96. The first-order valence-corrected chi connectivity index (χ1v) is 9.92. The molecule has 2 rings (SSSR count). The number of likely N-dealkylation sites (tertiary alicyclic amines) is 1. The number of thiophene rings is 1. The van der Waals surface area contributed by atoms with Crippen LogP contribution in [0.25, 0.3) is 0 Å². The molecule has 1 aromatic heterocycles. The summed E-state index contributed by atoms with van der Waals surface area (Å²) < 4.78 is 0. The van der Waals surface area contributed by atoms with Crippen LogP contribution in [0, 0.1) is 5.92 Å². The second-order valence-corrected chi connectivity index (χ2v) is 7.45. The third kappa shape index (κ3) is 8.67. The number of halogens is 1. The topological polar surface area (TPSA) is 39.7 Å². The third-order valence-corrected chi connectivity index (χ3v) is 5.17. The maximum Gasteiger partial charge on any atom is 0.191 e. The van der Waals surface area contributed by atoms with E-state index in [1.165, 1.54) is 37.4 Å². The Bertz CT molecular complexity index is 450. The van der Waals surface area contributed by atoms with Crippen LogP contribution in [0.15, 0.2) is 22.5 Å². The van der Waals surface area contributed by atoms with Crippen molar-refractivity contribution in [3.05, 3.63) is 22.4 Å². The molecule has 0 amide bonds. The standard InChI is InChI=1S/C18H32N4S.HI/c1-3-19-18(21-11-9-17-8-5-14-23-17)20-10-6-13-22-12-4-7-16(2)15-22;/h5,8,14,16H,3-4,6-7,9-13,15H2,1-2H3,(H2,19,20,21);1H. The van der Waals surface area contributed by atoms with Gasteiger partial charge in [-0.1, -0.05) is 13.0 Å². The third-order valence-electron chi connectivity index (χ3n) is 4.23. The van der Waals surface area contributed by atoms with Crippen molar-refractivity contribution < 1.29 is 0 Å². The molecule has 1 atom stereocenters. The van der Waals surface area contributed by atoms with E-state index in [0.717, 1.165) is 44.4 Å². The van der Waals surface area contributed by atoms with E-state index in [9.17, 15) is 0 Å². The van der Waals surface area contributed by atoms with E-state index in [0.29, 0.717) is 0 Å². The van der Waals surface area contributed by atoms with Crippen molar-refractivity contribution in [2.24, 2.45) is 10.9 Å². The molecule has 1 unspecified atom stereocenters. The Hall–Kier alpha value is -0.340. The van der Waals surface area contributed by atoms with Crippen molar-refractivity contribution in [1.29, 1.82) is 0 Å². The zero-order valence-electron chi connectivity index (χ0n) is 15.1. The highest BCUT2D eigenvalue weighted by atomic mass is 127. The Kier molecular flexibility index (Phi) is 11.7. The Morgan fingerprint density at radius 2 is 2.29 bits per heavy atom. The minimum atomic E-state index is 0. The second-order valence-electron chi connectivity index (χ2n) is 6.42. The molecule has 1 aromatic rings. The van der Waals surface area contributed by atoms with Crippen molar-refractivity contribution >= 4 is 41.3 Å². The van der Waals surface area contributed by atoms with Crippen LogP contribution in [0.2, 0.25) is 0 Å². The van der Waals surface area contributed by atoms with E-state index in [-0.39, 0.29) is 24.0 Å². The largest absolute Gasteiger partial charge is 0.357 e. The summed E-state index contributed by atoms with van der Waals surface area (Å²) >= 11 is 1.82. The first-order valence-electron chi connectivity index (χ1n) is 9.05. The van der Waals surface area contributed by atoms with E-state index in [2.05, 4.69) is 46.9 Å². The van der Waals surface area contributed by atoms with E-state index in [4.69, 9.17) is 4.99 Å². The number of piperidine rings is 1. The minimum Gasteiger partial charge on any atom is -0.357 e. The highest BCUT2D eigenvalue weighted by Gasteiger charge is 2.15. The second kappa shape index (κ2) is 12.9. The van der Waals surface area contributed by atoms with Crippen molar-refractivity contribution in [1.82, 2.24) is 15.5 Å². The molecular weight excluding hydrogens is 431 g/mol. The van der Waals surface area contributed by atoms with Gasteiger partial charge in [0.25, 0.3) is 0 Å². The Morgan fingerprint density at radius 1 is 1.42 bits per heavy atom. The minimum absolute atomic E-state index is 0. The van der Waals surface area contributed by atoms with Crippen molar-refractivity contribution in [3.8, 4) is 0 Å². The van der Waals surface area contributed by atoms with Crippen molar-refractivity contribution in [3.63, 3.8) is 0 Å². The summed E-state index contributed by atoms with van der Waals surface area (Å²) in [5.41, 5.74) is 0. The molecule has 0 aliphatic carbocycles. The van der Waals surface area contributed by atoms with Gasteiger partial charge in [-0.15, -0.1) is 35.3 Å². The molecule has 6 heteroatoms. The van der Waals surface area contributed by atoms with Crippen LogP contribution in [-0.2, 0) is 6.42 Å². The molecule has 138 valence electrons. The quantitative estimate of drug-likeness (QED) is 0.267. The summed E-state index contributed by atoms with van der Waals surface area (Å²) in [4.78, 5) is 8.73. The summed E-state index contributed by atoms with van der Waals surface area (Å²) in [6, 6.07) is 4.30. The van der Waals surface area contributed by atoms with Gasteiger partial charge in [0, 0.05) is 31.1 Å². The van der Waals surface area contributed by atoms with Crippen LogP contribution in [0.1, 0.15) is 38.0 Å². The summed E-state index contributed by atoms with van der Waals surface area (Å²) in [7, 11) is 0. The van der Waals surface area contributed by atoms with Crippen LogP contribution in [-0.4, -0.2) is 50.1 Å². The predicted molar refractivity (Wildman–Crippen MR) is 117 cm³/mol. The Balaban J connectivity index is 0.00000288. The highest BCUT2D eigenvalue weighted by Crippen LogP contribution is 2.15. The average Bonchev–Trinajstić information content (AvgIpc) is 3.05. The number of guanidine groups is 1. The first kappa shape index (κ1) is 21.7. The van der Waals surface area contributed by atoms with Gasteiger partial charge < -0.3 is 15.5 Å². The lowest BCUT2D eigenvalue weighted by Gasteiger charge is -2.30. The molecule has 24 heavy (non-hydrogen) atoms. The lowest BCUT2D eigenvalue weighted by Crippen LogP contribution is -2.38. The monoisotopic (exact) mass is 464 g/mol. The van der Waals surface area contributed by atoms with Gasteiger partial charge in [0.15, 0.2) is 5.96 Å². The number of hydrogen-bond acceptors (Lipinski definition) is 3. The molecule has 1 saturated heterocycles. The van der Waals surface area contributed by atoms with E-state index in [1.807, 2.05) is 11.3 Å². The van der Waals surface area contributed by atoms with Crippen LogP contribution >= 0.6 is 35.3 Å². The normalized spacial score (nSPS) is 18.9. The molecule has 0 bridgehead atoms. The molecule has 1 fully saturated rings. The van der Waals surface area contributed by atoms with Gasteiger partial charge in [-0.25, -0.2) is 0 Å². The van der Waals surface area contributed by atoms with Gasteiger partial charge >= 0.3 is 0 Å². The van der Waals surface area contributed by atoms with E-state index < -0.39 is 0 Å². The maximum absolute atomic E-state index is 4.71. The molecule has 2 heterocycles. The molecule has 2 N–H and O–H groups in total. The zero-order valence-corrected chi connectivity index (χ0v) is 18.2. The Morgan fingerprint density at radius 3 is 3.00 bits per heavy atom. The molecule has 1 aliphatic rings. The fraction of sp³-hybridized carbons (Fsp3) is 0.722. The summed E-state index contributed by atoms with van der Waals surface area (Å²) in [5.74, 6) is 1.82. The number of nitrogens with one attached hydrogen (secondary N) is 2. The lowest BCUT2D eigenvalue weighted by atomic mass is 10.0. The molecule has 0 spiro atoms. The number of hydrogen-bond donors (Lipinski definition) is 2. The lowest BCUT2D eigenvalue weighted by molar-refractivity contribution is 0.183. The van der Waals surface area contributed by atoms with Gasteiger partial charge in [0.1, 0.15) is 0 Å². The van der Waals surface area contributed by atoms with Crippen molar-refractivity contribution in [2.45, 2.75) is 39.5 Å². The van der Waals surface area contributed by atoms with E-state index in [1.54, 1.807) is 0 Å². The fourth-order valence-corrected chi connectivity index (χ4v) is 3.78. The zero-order chi connectivity index (χ0) is 16.3. The molecule has 1 aliphatic heterocycles. The Labute approximate surface area is 168 Å². The van der Waals surface area contributed by atoms with Crippen LogP contribution in [0.3, 0.4) is 0 Å². The first-order chi connectivity index (χ1) is 11.3. The average molecular weight is 464 g/mol. The van der Waals surface area contributed by atoms with Gasteiger partial charge in [-0.3, -0.25) is 4.99 Å². The van der Waals surface area contributed by atoms with Gasteiger partial charge in [0.05, 0.1) is 0 Å². The van der Waals surface area contributed by atoms with Crippen molar-refractivity contribution in [2.75, 3.05) is 39.3 Å². The fourth-order valence-electron chi connectivity index (χ4n) is 3.08. The van der Waals surface area contributed by atoms with Crippen LogP contribution in [0.4, 0.5) is 0 Å². The van der Waals surface area contributed by atoms with E-state index >= 15 is 0 Å².